The first-order valence-corrected chi connectivity index (χ1v) is 7.36. The molecule has 3 aliphatic rings. The van der Waals surface area contributed by atoms with Crippen molar-refractivity contribution in [3.05, 3.63) is 0 Å². The van der Waals surface area contributed by atoms with Gasteiger partial charge in [-0.1, -0.05) is 6.42 Å². The summed E-state index contributed by atoms with van der Waals surface area (Å²) < 4.78 is 0. The Morgan fingerprint density at radius 1 is 1.30 bits per heavy atom. The van der Waals surface area contributed by atoms with Crippen LogP contribution in [0.15, 0.2) is 0 Å². The predicted molar refractivity (Wildman–Crippen MR) is 69.7 cm³/mol. The van der Waals surface area contributed by atoms with Crippen LogP contribution in [-0.2, 0) is 14.4 Å². The largest absolute Gasteiger partial charge is 0.481 e. The van der Waals surface area contributed by atoms with Gasteiger partial charge < -0.3 is 15.3 Å². The molecule has 0 aromatic carbocycles. The second kappa shape index (κ2) is 5.07. The van der Waals surface area contributed by atoms with E-state index < -0.39 is 12.0 Å². The van der Waals surface area contributed by atoms with Crippen LogP contribution in [0.4, 0.5) is 0 Å². The molecular weight excluding hydrogens is 260 g/mol. The Hall–Kier alpha value is -1.59. The van der Waals surface area contributed by atoms with Gasteiger partial charge in [0.1, 0.15) is 6.04 Å². The van der Waals surface area contributed by atoms with Gasteiger partial charge in [-0.3, -0.25) is 14.4 Å². The van der Waals surface area contributed by atoms with E-state index in [0.29, 0.717) is 24.9 Å². The summed E-state index contributed by atoms with van der Waals surface area (Å²) in [7, 11) is 0. The minimum Gasteiger partial charge on any atom is -0.481 e. The van der Waals surface area contributed by atoms with Crippen LogP contribution in [0.5, 0.6) is 0 Å². The predicted octanol–water partition coefficient (Wildman–Crippen LogP) is 0.224. The third-order valence-corrected chi connectivity index (χ3v) is 5.04. The first kappa shape index (κ1) is 13.4. The van der Waals surface area contributed by atoms with Gasteiger partial charge in [-0.05, 0) is 31.1 Å². The molecular formula is C14H20N2O4. The smallest absolute Gasteiger partial charge is 0.305 e. The van der Waals surface area contributed by atoms with Crippen LogP contribution < -0.4 is 5.32 Å². The van der Waals surface area contributed by atoms with Gasteiger partial charge in [0, 0.05) is 19.0 Å². The summed E-state index contributed by atoms with van der Waals surface area (Å²) in [5, 5.41) is 11.6. The minimum absolute atomic E-state index is 0.00157. The molecule has 2 N–H and O–H groups in total. The van der Waals surface area contributed by atoms with Crippen molar-refractivity contribution in [2.75, 3.05) is 13.1 Å². The van der Waals surface area contributed by atoms with Crippen molar-refractivity contribution >= 4 is 17.8 Å². The molecule has 2 aliphatic carbocycles. The van der Waals surface area contributed by atoms with Crippen LogP contribution in [0.25, 0.3) is 0 Å². The zero-order chi connectivity index (χ0) is 14.3. The molecule has 0 aromatic heterocycles. The van der Waals surface area contributed by atoms with Gasteiger partial charge in [0.15, 0.2) is 0 Å². The average molecular weight is 280 g/mol. The Balaban J connectivity index is 1.74. The SMILES string of the molecule is O=C(O)CC1C(=O)NCCN1C(=O)C1CC2CCC1C2. The Morgan fingerprint density at radius 2 is 2.10 bits per heavy atom. The standard InChI is InChI=1S/C14H20N2O4/c17-12(18)7-11-13(19)15-3-4-16(11)14(20)10-6-8-1-2-9(10)5-8/h8-11H,1-7H2,(H,15,19)(H,17,18). The number of hydrogen-bond donors (Lipinski definition) is 2. The van der Waals surface area contributed by atoms with Gasteiger partial charge in [0.25, 0.3) is 0 Å². The highest BCUT2D eigenvalue weighted by molar-refractivity contribution is 5.92. The number of hydrogen-bond acceptors (Lipinski definition) is 3. The average Bonchev–Trinajstić information content (AvgIpc) is 3.02. The first-order valence-electron chi connectivity index (χ1n) is 7.36. The van der Waals surface area contributed by atoms with Crippen LogP contribution in [-0.4, -0.2) is 46.9 Å². The fraction of sp³-hybridized carbons (Fsp3) is 0.786. The molecule has 110 valence electrons. The summed E-state index contributed by atoms with van der Waals surface area (Å²) in [6.45, 7) is 0.845. The highest BCUT2D eigenvalue weighted by Gasteiger charge is 2.46. The van der Waals surface area contributed by atoms with Crippen molar-refractivity contribution in [2.45, 2.75) is 38.1 Å². The molecule has 1 aliphatic heterocycles. The van der Waals surface area contributed by atoms with Gasteiger partial charge in [-0.15, -0.1) is 0 Å². The number of aliphatic carboxylic acids is 1. The Labute approximate surface area is 117 Å². The van der Waals surface area contributed by atoms with Crippen LogP contribution in [0.1, 0.15) is 32.1 Å². The van der Waals surface area contributed by atoms with Crippen molar-refractivity contribution in [2.24, 2.45) is 17.8 Å². The summed E-state index contributed by atoms with van der Waals surface area (Å²) >= 11 is 0. The lowest BCUT2D eigenvalue weighted by molar-refractivity contribution is -0.151. The van der Waals surface area contributed by atoms with E-state index >= 15 is 0 Å². The van der Waals surface area contributed by atoms with E-state index in [2.05, 4.69) is 5.32 Å². The summed E-state index contributed by atoms with van der Waals surface area (Å²) in [6, 6.07) is -0.840. The zero-order valence-electron chi connectivity index (χ0n) is 11.4. The molecule has 4 atom stereocenters. The van der Waals surface area contributed by atoms with Gasteiger partial charge in [-0.25, -0.2) is 0 Å². The second-order valence-electron chi connectivity index (χ2n) is 6.22. The molecule has 3 fully saturated rings. The maximum Gasteiger partial charge on any atom is 0.305 e. The Morgan fingerprint density at radius 3 is 2.70 bits per heavy atom. The molecule has 2 bridgehead atoms. The quantitative estimate of drug-likeness (QED) is 0.774. The van der Waals surface area contributed by atoms with E-state index in [4.69, 9.17) is 5.11 Å². The lowest BCUT2D eigenvalue weighted by Crippen LogP contribution is -2.59. The number of carbonyl (C=O) groups excluding carboxylic acids is 2. The molecule has 1 saturated heterocycles. The number of rotatable bonds is 3. The van der Waals surface area contributed by atoms with E-state index in [9.17, 15) is 14.4 Å². The number of carboxylic acid groups (broad SMARTS) is 1. The number of carbonyl (C=O) groups is 3. The number of piperazine rings is 1. The molecule has 3 rings (SSSR count). The maximum atomic E-state index is 12.7. The fourth-order valence-corrected chi connectivity index (χ4v) is 4.11. The van der Waals surface area contributed by atoms with E-state index in [1.807, 2.05) is 0 Å². The first-order chi connectivity index (χ1) is 9.56. The number of amides is 2. The number of fused-ring (bicyclic) bond motifs is 2. The molecule has 2 amide bonds. The number of carboxylic acids is 1. The molecule has 0 radical (unpaired) electrons. The monoisotopic (exact) mass is 280 g/mol. The number of nitrogens with one attached hydrogen (secondary N) is 1. The summed E-state index contributed by atoms with van der Waals surface area (Å²) in [4.78, 5) is 37.0. The van der Waals surface area contributed by atoms with Crippen LogP contribution in [0, 0.1) is 17.8 Å². The zero-order valence-corrected chi connectivity index (χ0v) is 11.4. The van der Waals surface area contributed by atoms with E-state index in [1.165, 1.54) is 11.3 Å². The summed E-state index contributed by atoms with van der Waals surface area (Å²) in [6.07, 6.45) is 4.05. The van der Waals surface area contributed by atoms with E-state index in [1.54, 1.807) is 0 Å². The third kappa shape index (κ3) is 2.27. The second-order valence-corrected chi connectivity index (χ2v) is 6.22. The fourth-order valence-electron chi connectivity index (χ4n) is 4.11. The van der Waals surface area contributed by atoms with Crippen molar-refractivity contribution < 1.29 is 19.5 Å². The molecule has 0 aromatic rings. The van der Waals surface area contributed by atoms with Gasteiger partial charge >= 0.3 is 5.97 Å². The molecule has 20 heavy (non-hydrogen) atoms. The van der Waals surface area contributed by atoms with Gasteiger partial charge in [0.2, 0.25) is 11.8 Å². The number of nitrogens with zero attached hydrogens (tertiary/aromatic N) is 1. The Kier molecular flexibility index (Phi) is 3.40. The van der Waals surface area contributed by atoms with Crippen molar-refractivity contribution in [1.29, 1.82) is 0 Å². The minimum atomic E-state index is -1.04. The topological polar surface area (TPSA) is 86.7 Å². The molecule has 1 heterocycles. The van der Waals surface area contributed by atoms with Crippen LogP contribution in [0.2, 0.25) is 0 Å². The van der Waals surface area contributed by atoms with Crippen molar-refractivity contribution in [3.63, 3.8) is 0 Å². The normalized spacial score (nSPS) is 36.0. The Bertz CT molecular complexity index is 450. The molecule has 2 saturated carbocycles. The summed E-state index contributed by atoms with van der Waals surface area (Å²) in [5.74, 6) is -0.268. The molecule has 4 unspecified atom stereocenters. The van der Waals surface area contributed by atoms with Crippen molar-refractivity contribution in [3.8, 4) is 0 Å². The lowest BCUT2D eigenvalue weighted by Gasteiger charge is -2.37. The van der Waals surface area contributed by atoms with Gasteiger partial charge in [0.05, 0.1) is 6.42 Å². The molecule has 0 spiro atoms. The van der Waals surface area contributed by atoms with Crippen LogP contribution >= 0.6 is 0 Å². The highest BCUT2D eigenvalue weighted by Crippen LogP contribution is 2.49. The maximum absolute atomic E-state index is 12.7. The lowest BCUT2D eigenvalue weighted by atomic mass is 9.87. The van der Waals surface area contributed by atoms with E-state index in [0.717, 1.165) is 19.3 Å². The molecule has 6 nitrogen and oxygen atoms in total. The third-order valence-electron chi connectivity index (χ3n) is 5.04. The van der Waals surface area contributed by atoms with Gasteiger partial charge in [-0.2, -0.15) is 0 Å². The molecule has 6 heteroatoms. The highest BCUT2D eigenvalue weighted by atomic mass is 16.4. The summed E-state index contributed by atoms with van der Waals surface area (Å²) in [5.41, 5.74) is 0. The van der Waals surface area contributed by atoms with Crippen molar-refractivity contribution in [1.82, 2.24) is 10.2 Å². The van der Waals surface area contributed by atoms with Crippen LogP contribution in [0.3, 0.4) is 0 Å². The van der Waals surface area contributed by atoms with E-state index in [-0.39, 0.29) is 24.2 Å².